The van der Waals surface area contributed by atoms with Crippen LogP contribution in [-0.4, -0.2) is 5.04 Å². The molecule has 1 aliphatic rings. The molecule has 1 aliphatic heterocycles. The standard InChI is InChI=1S/C15H23NS/c1-6-8-10-16-15-14(11(3)9-7-2)12(4)13(5)17-15/h8,10H,6-7,9H2,1-5H3/b10-8+,14-11+,16-15-. The Balaban J connectivity index is 3.06. The van der Waals surface area contributed by atoms with E-state index in [1.54, 1.807) is 11.8 Å². The van der Waals surface area contributed by atoms with Crippen molar-refractivity contribution in [3.05, 3.63) is 33.9 Å². The molecule has 0 aromatic rings. The molecule has 0 unspecified atom stereocenters. The maximum atomic E-state index is 4.60. The Kier molecular flexibility index (Phi) is 5.76. The zero-order chi connectivity index (χ0) is 12.8. The Morgan fingerprint density at radius 2 is 2.00 bits per heavy atom. The summed E-state index contributed by atoms with van der Waals surface area (Å²) in [6, 6.07) is 0. The molecule has 0 spiro atoms. The van der Waals surface area contributed by atoms with Crippen LogP contribution in [-0.2, 0) is 0 Å². The number of hydrogen-bond acceptors (Lipinski definition) is 2. The van der Waals surface area contributed by atoms with E-state index in [1.807, 2.05) is 6.20 Å². The molecular formula is C15H23NS. The van der Waals surface area contributed by atoms with Crippen LogP contribution in [0.4, 0.5) is 0 Å². The molecule has 2 heteroatoms. The summed E-state index contributed by atoms with van der Waals surface area (Å²) in [6.07, 6.45) is 7.44. The Morgan fingerprint density at radius 1 is 1.29 bits per heavy atom. The highest BCUT2D eigenvalue weighted by Gasteiger charge is 2.22. The second-order valence-electron chi connectivity index (χ2n) is 4.42. The number of rotatable bonds is 4. The van der Waals surface area contributed by atoms with E-state index in [9.17, 15) is 0 Å². The molecule has 1 nitrogen and oxygen atoms in total. The second kappa shape index (κ2) is 6.85. The van der Waals surface area contributed by atoms with E-state index in [-0.39, 0.29) is 0 Å². The van der Waals surface area contributed by atoms with Gasteiger partial charge in [-0.25, -0.2) is 4.99 Å². The molecule has 0 bridgehead atoms. The van der Waals surface area contributed by atoms with Gasteiger partial charge in [0, 0.05) is 11.8 Å². The van der Waals surface area contributed by atoms with Crippen LogP contribution in [0.1, 0.15) is 53.9 Å². The van der Waals surface area contributed by atoms with E-state index in [4.69, 9.17) is 0 Å². The Morgan fingerprint density at radius 3 is 2.59 bits per heavy atom. The molecule has 17 heavy (non-hydrogen) atoms. The normalized spacial score (nSPS) is 22.1. The molecule has 0 aromatic carbocycles. The molecule has 0 fully saturated rings. The van der Waals surface area contributed by atoms with Crippen LogP contribution in [0, 0.1) is 0 Å². The maximum absolute atomic E-state index is 4.60. The minimum absolute atomic E-state index is 1.04. The molecule has 1 rings (SSSR count). The van der Waals surface area contributed by atoms with Gasteiger partial charge in [-0.2, -0.15) is 0 Å². The number of allylic oxidation sites excluding steroid dienone is 4. The third kappa shape index (κ3) is 3.60. The monoisotopic (exact) mass is 249 g/mol. The van der Waals surface area contributed by atoms with Crippen molar-refractivity contribution in [2.45, 2.75) is 53.9 Å². The van der Waals surface area contributed by atoms with Gasteiger partial charge in [0.2, 0.25) is 0 Å². The van der Waals surface area contributed by atoms with E-state index in [0.717, 1.165) is 12.8 Å². The number of nitrogens with zero attached hydrogens (tertiary/aromatic N) is 1. The third-order valence-corrected chi connectivity index (χ3v) is 4.07. The first-order valence-corrected chi connectivity index (χ1v) is 7.22. The predicted octanol–water partition coefficient (Wildman–Crippen LogP) is 5.47. The molecule has 94 valence electrons. The third-order valence-electron chi connectivity index (χ3n) is 2.95. The van der Waals surface area contributed by atoms with Crippen molar-refractivity contribution in [1.82, 2.24) is 0 Å². The Hall–Kier alpha value is -0.760. The van der Waals surface area contributed by atoms with Gasteiger partial charge in [0.05, 0.1) is 0 Å². The van der Waals surface area contributed by atoms with E-state index >= 15 is 0 Å². The summed E-state index contributed by atoms with van der Waals surface area (Å²) in [5, 5.41) is 1.18. The highest BCUT2D eigenvalue weighted by molar-refractivity contribution is 8.18. The van der Waals surface area contributed by atoms with E-state index < -0.39 is 0 Å². The van der Waals surface area contributed by atoms with Crippen LogP contribution in [0.15, 0.2) is 38.9 Å². The smallest absolute Gasteiger partial charge is 0.108 e. The van der Waals surface area contributed by atoms with Crippen molar-refractivity contribution in [1.29, 1.82) is 0 Å². The van der Waals surface area contributed by atoms with Gasteiger partial charge in [-0.1, -0.05) is 43.7 Å². The largest absolute Gasteiger partial charge is 0.249 e. The van der Waals surface area contributed by atoms with Gasteiger partial charge in [-0.05, 0) is 44.1 Å². The minimum Gasteiger partial charge on any atom is -0.249 e. The van der Waals surface area contributed by atoms with Crippen molar-refractivity contribution < 1.29 is 0 Å². The molecule has 0 saturated carbocycles. The fourth-order valence-electron chi connectivity index (χ4n) is 1.93. The quantitative estimate of drug-likeness (QED) is 0.644. The maximum Gasteiger partial charge on any atom is 0.108 e. The lowest BCUT2D eigenvalue weighted by Crippen LogP contribution is -1.97. The summed E-state index contributed by atoms with van der Waals surface area (Å²) in [6.45, 7) is 11.0. The average molecular weight is 249 g/mol. The van der Waals surface area contributed by atoms with Gasteiger partial charge in [0.1, 0.15) is 5.04 Å². The fourth-order valence-corrected chi connectivity index (χ4v) is 3.02. The van der Waals surface area contributed by atoms with Gasteiger partial charge >= 0.3 is 0 Å². The lowest BCUT2D eigenvalue weighted by molar-refractivity contribution is 0.899. The molecule has 0 aromatic heterocycles. The van der Waals surface area contributed by atoms with Crippen LogP contribution in [0.5, 0.6) is 0 Å². The van der Waals surface area contributed by atoms with E-state index in [1.165, 1.54) is 33.1 Å². The number of thioether (sulfide) groups is 1. The van der Waals surface area contributed by atoms with E-state index in [2.05, 4.69) is 45.7 Å². The zero-order valence-corrected chi connectivity index (χ0v) is 12.4. The molecule has 0 aliphatic carbocycles. The summed E-state index contributed by atoms with van der Waals surface area (Å²) >= 11 is 1.81. The van der Waals surface area contributed by atoms with Crippen molar-refractivity contribution in [2.24, 2.45) is 4.99 Å². The molecule has 0 saturated heterocycles. The topological polar surface area (TPSA) is 12.4 Å². The molecule has 0 N–H and O–H groups in total. The summed E-state index contributed by atoms with van der Waals surface area (Å²) in [4.78, 5) is 5.99. The van der Waals surface area contributed by atoms with Crippen molar-refractivity contribution in [2.75, 3.05) is 0 Å². The number of hydrogen-bond donors (Lipinski definition) is 0. The lowest BCUT2D eigenvalue weighted by Gasteiger charge is -2.07. The van der Waals surface area contributed by atoms with Gasteiger partial charge < -0.3 is 0 Å². The fraction of sp³-hybridized carbons (Fsp3) is 0.533. The zero-order valence-electron chi connectivity index (χ0n) is 11.6. The first kappa shape index (κ1) is 14.3. The first-order valence-electron chi connectivity index (χ1n) is 6.40. The Bertz CT molecular complexity index is 397. The van der Waals surface area contributed by atoms with Gasteiger partial charge in [-0.15, -0.1) is 0 Å². The SMILES string of the molecule is CC/C=C/N=C1\SC(C)=C(C)\C1=C(\C)CCC. The van der Waals surface area contributed by atoms with Crippen molar-refractivity contribution in [3.8, 4) is 0 Å². The van der Waals surface area contributed by atoms with Crippen LogP contribution in [0.3, 0.4) is 0 Å². The second-order valence-corrected chi connectivity index (χ2v) is 5.62. The van der Waals surface area contributed by atoms with E-state index in [0.29, 0.717) is 0 Å². The number of aliphatic imine (C=N–C) groups is 1. The molecule has 0 atom stereocenters. The molecule has 1 heterocycles. The summed E-state index contributed by atoms with van der Waals surface area (Å²) in [5.41, 5.74) is 4.26. The van der Waals surface area contributed by atoms with Crippen LogP contribution in [0.2, 0.25) is 0 Å². The highest BCUT2D eigenvalue weighted by Crippen LogP contribution is 2.39. The van der Waals surface area contributed by atoms with Gasteiger partial charge in [-0.3, -0.25) is 0 Å². The van der Waals surface area contributed by atoms with Crippen LogP contribution < -0.4 is 0 Å². The molecular weight excluding hydrogens is 226 g/mol. The molecule has 0 radical (unpaired) electrons. The predicted molar refractivity (Wildman–Crippen MR) is 80.4 cm³/mol. The van der Waals surface area contributed by atoms with Gasteiger partial charge in [0.25, 0.3) is 0 Å². The van der Waals surface area contributed by atoms with Crippen LogP contribution in [0.25, 0.3) is 0 Å². The average Bonchev–Trinajstić information content (AvgIpc) is 2.56. The minimum atomic E-state index is 1.04. The summed E-state index contributed by atoms with van der Waals surface area (Å²) in [5.74, 6) is 0. The molecule has 0 amide bonds. The van der Waals surface area contributed by atoms with Crippen molar-refractivity contribution >= 4 is 16.8 Å². The van der Waals surface area contributed by atoms with Crippen molar-refractivity contribution in [3.63, 3.8) is 0 Å². The lowest BCUT2D eigenvalue weighted by atomic mass is 10.00. The first-order chi connectivity index (χ1) is 8.11. The summed E-state index contributed by atoms with van der Waals surface area (Å²) < 4.78 is 0. The Labute approximate surface area is 110 Å². The summed E-state index contributed by atoms with van der Waals surface area (Å²) in [7, 11) is 0. The highest BCUT2D eigenvalue weighted by atomic mass is 32.2. The van der Waals surface area contributed by atoms with Crippen LogP contribution >= 0.6 is 11.8 Å². The van der Waals surface area contributed by atoms with Gasteiger partial charge in [0.15, 0.2) is 0 Å².